The molecule has 0 fully saturated rings. The predicted molar refractivity (Wildman–Crippen MR) is 73.9 cm³/mol. The SMILES string of the molecule is CCC(C)(CCO)NC(=O)NCc1ccc(O)cc1. The highest BCUT2D eigenvalue weighted by atomic mass is 16.3. The number of benzene rings is 1. The van der Waals surface area contributed by atoms with Crippen LogP contribution in [0.4, 0.5) is 4.79 Å². The minimum atomic E-state index is -0.395. The van der Waals surface area contributed by atoms with Gasteiger partial charge in [-0.1, -0.05) is 19.1 Å². The Labute approximate surface area is 113 Å². The van der Waals surface area contributed by atoms with Gasteiger partial charge in [-0.15, -0.1) is 0 Å². The first kappa shape index (κ1) is 15.3. The highest BCUT2D eigenvalue weighted by molar-refractivity contribution is 5.74. The van der Waals surface area contributed by atoms with Gasteiger partial charge in [-0.05, 0) is 37.5 Å². The Bertz CT molecular complexity index is 406. The van der Waals surface area contributed by atoms with Crippen LogP contribution in [0.3, 0.4) is 0 Å². The Balaban J connectivity index is 2.45. The first-order valence-corrected chi connectivity index (χ1v) is 6.44. The molecule has 0 spiro atoms. The van der Waals surface area contributed by atoms with Crippen molar-refractivity contribution in [2.45, 2.75) is 38.8 Å². The molecule has 0 saturated heterocycles. The molecule has 1 aromatic rings. The summed E-state index contributed by atoms with van der Waals surface area (Å²) in [7, 11) is 0. The van der Waals surface area contributed by atoms with E-state index in [0.29, 0.717) is 13.0 Å². The number of urea groups is 1. The highest BCUT2D eigenvalue weighted by Crippen LogP contribution is 2.13. The Morgan fingerprint density at radius 3 is 2.47 bits per heavy atom. The van der Waals surface area contributed by atoms with E-state index in [0.717, 1.165) is 12.0 Å². The van der Waals surface area contributed by atoms with Gasteiger partial charge in [0.25, 0.3) is 0 Å². The fourth-order valence-corrected chi connectivity index (χ4v) is 1.69. The lowest BCUT2D eigenvalue weighted by Gasteiger charge is -2.29. The molecule has 1 rings (SSSR count). The predicted octanol–water partition coefficient (Wildman–Crippen LogP) is 1.74. The van der Waals surface area contributed by atoms with Crippen LogP contribution in [0, 0.1) is 0 Å². The molecule has 0 aliphatic carbocycles. The number of aromatic hydroxyl groups is 1. The quantitative estimate of drug-likeness (QED) is 0.633. The van der Waals surface area contributed by atoms with Crippen molar-refractivity contribution in [2.24, 2.45) is 0 Å². The molecule has 0 heterocycles. The zero-order valence-corrected chi connectivity index (χ0v) is 11.4. The molecule has 0 aromatic heterocycles. The monoisotopic (exact) mass is 266 g/mol. The maximum absolute atomic E-state index is 11.8. The second-order valence-electron chi connectivity index (χ2n) is 4.86. The van der Waals surface area contributed by atoms with Crippen molar-refractivity contribution < 1.29 is 15.0 Å². The number of aliphatic hydroxyl groups is 1. The molecule has 0 radical (unpaired) electrons. The summed E-state index contributed by atoms with van der Waals surface area (Å²) in [6.07, 6.45) is 1.27. The third-order valence-electron chi connectivity index (χ3n) is 3.25. The lowest BCUT2D eigenvalue weighted by atomic mass is 9.95. The van der Waals surface area contributed by atoms with Crippen molar-refractivity contribution >= 4 is 6.03 Å². The number of phenols is 1. The molecule has 5 nitrogen and oxygen atoms in total. The van der Waals surface area contributed by atoms with Gasteiger partial charge in [0.2, 0.25) is 0 Å². The molecule has 4 N–H and O–H groups in total. The van der Waals surface area contributed by atoms with E-state index < -0.39 is 5.54 Å². The standard InChI is InChI=1S/C14H22N2O3/c1-3-14(2,8-9-17)16-13(19)15-10-11-4-6-12(18)7-5-11/h4-7,17-18H,3,8-10H2,1-2H3,(H2,15,16,19). The van der Waals surface area contributed by atoms with Gasteiger partial charge in [0.05, 0.1) is 0 Å². The second kappa shape index (κ2) is 6.99. The summed E-state index contributed by atoms with van der Waals surface area (Å²) in [5, 5.41) is 23.8. The Morgan fingerprint density at radius 1 is 1.32 bits per heavy atom. The topological polar surface area (TPSA) is 81.6 Å². The van der Waals surface area contributed by atoms with E-state index >= 15 is 0 Å². The molecule has 1 aromatic carbocycles. The van der Waals surface area contributed by atoms with Gasteiger partial charge < -0.3 is 20.8 Å². The largest absolute Gasteiger partial charge is 0.508 e. The number of phenolic OH excluding ortho intramolecular Hbond substituents is 1. The van der Waals surface area contributed by atoms with Crippen LogP contribution >= 0.6 is 0 Å². The number of amides is 2. The van der Waals surface area contributed by atoms with Crippen molar-refractivity contribution in [3.8, 4) is 5.75 Å². The lowest BCUT2D eigenvalue weighted by molar-refractivity contribution is 0.200. The minimum Gasteiger partial charge on any atom is -0.508 e. The fraction of sp³-hybridized carbons (Fsp3) is 0.500. The van der Waals surface area contributed by atoms with E-state index in [2.05, 4.69) is 10.6 Å². The zero-order valence-electron chi connectivity index (χ0n) is 11.4. The van der Waals surface area contributed by atoms with Crippen LogP contribution in [0.5, 0.6) is 5.75 Å². The maximum atomic E-state index is 11.8. The van der Waals surface area contributed by atoms with Gasteiger partial charge in [-0.2, -0.15) is 0 Å². The third kappa shape index (κ3) is 5.18. The van der Waals surface area contributed by atoms with Crippen molar-refractivity contribution in [2.75, 3.05) is 6.61 Å². The van der Waals surface area contributed by atoms with Crippen molar-refractivity contribution in [1.29, 1.82) is 0 Å². The van der Waals surface area contributed by atoms with Crippen molar-refractivity contribution in [3.63, 3.8) is 0 Å². The summed E-state index contributed by atoms with van der Waals surface area (Å²) in [5.74, 6) is 0.203. The normalized spacial score (nSPS) is 13.6. The molecule has 1 unspecified atom stereocenters. The number of carbonyl (C=O) groups is 1. The van der Waals surface area contributed by atoms with Gasteiger partial charge >= 0.3 is 6.03 Å². The summed E-state index contributed by atoms with van der Waals surface area (Å²) in [6.45, 7) is 4.31. The molecule has 0 aliphatic rings. The third-order valence-corrected chi connectivity index (χ3v) is 3.25. The van der Waals surface area contributed by atoms with E-state index in [1.165, 1.54) is 0 Å². The molecular formula is C14H22N2O3. The Kier molecular flexibility index (Phi) is 5.63. The number of nitrogens with one attached hydrogen (secondary N) is 2. The van der Waals surface area contributed by atoms with Crippen molar-refractivity contribution in [1.82, 2.24) is 10.6 Å². The summed E-state index contributed by atoms with van der Waals surface area (Å²) in [6, 6.07) is 6.41. The molecule has 1 atom stereocenters. The molecule has 19 heavy (non-hydrogen) atoms. The van der Waals surface area contributed by atoms with Crippen LogP contribution in [0.1, 0.15) is 32.3 Å². The summed E-state index contributed by atoms with van der Waals surface area (Å²) < 4.78 is 0. The summed E-state index contributed by atoms with van der Waals surface area (Å²) in [5.41, 5.74) is 0.515. The van der Waals surface area contributed by atoms with Crippen LogP contribution < -0.4 is 10.6 Å². The number of hydrogen-bond donors (Lipinski definition) is 4. The molecule has 5 heteroatoms. The minimum absolute atomic E-state index is 0.0442. The van der Waals surface area contributed by atoms with Gasteiger partial charge in [0.15, 0.2) is 0 Å². The van der Waals surface area contributed by atoms with Gasteiger partial charge in [0, 0.05) is 18.7 Å². The van der Waals surface area contributed by atoms with Crippen LogP contribution in [0.15, 0.2) is 24.3 Å². The van der Waals surface area contributed by atoms with Gasteiger partial charge in [-0.3, -0.25) is 0 Å². The summed E-state index contributed by atoms with van der Waals surface area (Å²) in [4.78, 5) is 11.8. The first-order valence-electron chi connectivity index (χ1n) is 6.44. The Hall–Kier alpha value is -1.75. The molecule has 0 saturated carbocycles. The van der Waals surface area contributed by atoms with Crippen molar-refractivity contribution in [3.05, 3.63) is 29.8 Å². The average molecular weight is 266 g/mol. The highest BCUT2D eigenvalue weighted by Gasteiger charge is 2.23. The second-order valence-corrected chi connectivity index (χ2v) is 4.86. The maximum Gasteiger partial charge on any atom is 0.315 e. The van der Waals surface area contributed by atoms with Crippen LogP contribution in [-0.4, -0.2) is 28.4 Å². The smallest absolute Gasteiger partial charge is 0.315 e. The average Bonchev–Trinajstić information content (AvgIpc) is 2.38. The molecule has 0 bridgehead atoms. The van der Waals surface area contributed by atoms with Crippen LogP contribution in [0.2, 0.25) is 0 Å². The fourth-order valence-electron chi connectivity index (χ4n) is 1.69. The number of rotatable bonds is 6. The molecule has 0 aliphatic heterocycles. The molecular weight excluding hydrogens is 244 g/mol. The van der Waals surface area contributed by atoms with Crippen LogP contribution in [0.25, 0.3) is 0 Å². The molecule has 2 amide bonds. The molecule has 106 valence electrons. The van der Waals surface area contributed by atoms with Gasteiger partial charge in [-0.25, -0.2) is 4.79 Å². The number of carbonyl (C=O) groups excluding carboxylic acids is 1. The van der Waals surface area contributed by atoms with Crippen LogP contribution in [-0.2, 0) is 6.54 Å². The first-order chi connectivity index (χ1) is 8.99. The van der Waals surface area contributed by atoms with E-state index in [1.807, 2.05) is 13.8 Å². The zero-order chi connectivity index (χ0) is 14.3. The van der Waals surface area contributed by atoms with E-state index in [1.54, 1.807) is 24.3 Å². The van der Waals surface area contributed by atoms with Gasteiger partial charge in [0.1, 0.15) is 5.75 Å². The Morgan fingerprint density at radius 2 is 1.95 bits per heavy atom. The van der Waals surface area contributed by atoms with E-state index in [-0.39, 0.29) is 18.4 Å². The number of aliphatic hydroxyl groups excluding tert-OH is 1. The lowest BCUT2D eigenvalue weighted by Crippen LogP contribution is -2.50. The van der Waals surface area contributed by atoms with E-state index in [9.17, 15) is 4.79 Å². The van der Waals surface area contributed by atoms with E-state index in [4.69, 9.17) is 10.2 Å². The number of hydrogen-bond acceptors (Lipinski definition) is 3. The summed E-state index contributed by atoms with van der Waals surface area (Å²) >= 11 is 0.